The molecule has 1 fully saturated rings. The van der Waals surface area contributed by atoms with Crippen molar-refractivity contribution in [2.45, 2.75) is 25.0 Å². The molecule has 2 atom stereocenters. The van der Waals surface area contributed by atoms with Crippen molar-refractivity contribution in [1.29, 1.82) is 0 Å². The lowest BCUT2D eigenvalue weighted by atomic mass is 10.0. The van der Waals surface area contributed by atoms with Crippen LogP contribution in [0.5, 0.6) is 0 Å². The molecule has 1 aliphatic heterocycles. The first-order valence-corrected chi connectivity index (χ1v) is 13.6. The van der Waals surface area contributed by atoms with Crippen molar-refractivity contribution in [1.82, 2.24) is 10.6 Å². The molecular weight excluding hydrogens is 562 g/mol. The van der Waals surface area contributed by atoms with Crippen LogP contribution in [0.25, 0.3) is 10.8 Å². The van der Waals surface area contributed by atoms with Gasteiger partial charge in [-0.3, -0.25) is 14.9 Å². The third-order valence-corrected chi connectivity index (χ3v) is 7.18. The molecule has 192 valence electrons. The van der Waals surface area contributed by atoms with Gasteiger partial charge in [-0.1, -0.05) is 70.5 Å². The summed E-state index contributed by atoms with van der Waals surface area (Å²) in [7, 11) is 0. The Morgan fingerprint density at radius 2 is 1.63 bits per heavy atom. The highest BCUT2D eigenvalue weighted by Crippen LogP contribution is 2.34. The van der Waals surface area contributed by atoms with Gasteiger partial charge in [0.15, 0.2) is 5.11 Å². The summed E-state index contributed by atoms with van der Waals surface area (Å²) in [5.74, 6) is -0.585. The molecule has 1 heterocycles. The van der Waals surface area contributed by atoms with Gasteiger partial charge in [0, 0.05) is 16.6 Å². The Kier molecular flexibility index (Phi) is 8.12. The predicted molar refractivity (Wildman–Crippen MR) is 157 cm³/mol. The van der Waals surface area contributed by atoms with Gasteiger partial charge >= 0.3 is 0 Å². The lowest BCUT2D eigenvalue weighted by Crippen LogP contribution is -2.36. The third kappa shape index (κ3) is 6.27. The molecule has 2 unspecified atom stereocenters. The highest BCUT2D eigenvalue weighted by atomic mass is 79.9. The molecule has 0 aromatic heterocycles. The maximum atomic E-state index is 13.1. The minimum Gasteiger partial charge on any atom is -0.368 e. The molecular formula is C30H26BrN3O3S. The van der Waals surface area contributed by atoms with E-state index in [1.807, 2.05) is 18.2 Å². The van der Waals surface area contributed by atoms with Crippen LogP contribution in [0, 0.1) is 0 Å². The first-order chi connectivity index (χ1) is 18.5. The van der Waals surface area contributed by atoms with E-state index in [2.05, 4.69) is 62.2 Å². The van der Waals surface area contributed by atoms with E-state index in [9.17, 15) is 9.59 Å². The van der Waals surface area contributed by atoms with Gasteiger partial charge in [-0.25, -0.2) is 0 Å². The number of ether oxygens (including phenoxy) is 1. The van der Waals surface area contributed by atoms with E-state index in [1.165, 1.54) is 10.8 Å². The van der Waals surface area contributed by atoms with Gasteiger partial charge in [0.25, 0.3) is 11.8 Å². The molecule has 2 amide bonds. The molecule has 8 heteroatoms. The molecule has 4 aromatic carbocycles. The topological polar surface area (TPSA) is 79.5 Å². The summed E-state index contributed by atoms with van der Waals surface area (Å²) in [6.45, 7) is 0.396. The van der Waals surface area contributed by atoms with Crippen LogP contribution in [0.15, 0.2) is 95.5 Å². The second kappa shape index (κ2) is 11.9. The van der Waals surface area contributed by atoms with E-state index >= 15 is 0 Å². The van der Waals surface area contributed by atoms with E-state index < -0.39 is 0 Å². The van der Waals surface area contributed by atoms with E-state index in [0.29, 0.717) is 23.4 Å². The van der Waals surface area contributed by atoms with Gasteiger partial charge in [0.05, 0.1) is 23.5 Å². The summed E-state index contributed by atoms with van der Waals surface area (Å²) in [5, 5.41) is 11.1. The number of carbonyl (C=O) groups is 2. The molecule has 0 aliphatic carbocycles. The van der Waals surface area contributed by atoms with Crippen LogP contribution < -0.4 is 16.0 Å². The Morgan fingerprint density at radius 1 is 0.868 bits per heavy atom. The number of anilines is 1. The average Bonchev–Trinajstić information content (AvgIpc) is 3.41. The van der Waals surface area contributed by atoms with Crippen LogP contribution in [-0.4, -0.2) is 29.6 Å². The smallest absolute Gasteiger partial charge is 0.257 e. The summed E-state index contributed by atoms with van der Waals surface area (Å²) >= 11 is 8.77. The minimum absolute atomic E-state index is 0.0111. The largest absolute Gasteiger partial charge is 0.368 e. The standard InChI is InChI=1S/C30H26BrN3O3S/c31-23-12-14-25(26(17-23)33-30(38)34-28(35)20-7-2-1-3-8-20)29(36)32-18-24-13-15-27(37-24)22-11-10-19-6-4-5-9-21(19)16-22/h1-12,14,16-17,24,27H,13,15,18H2,(H,32,36)(H2,33,34,35,38). The molecule has 0 saturated carbocycles. The van der Waals surface area contributed by atoms with Gasteiger partial charge in [0.1, 0.15) is 0 Å². The molecule has 0 bridgehead atoms. The second-order valence-electron chi connectivity index (χ2n) is 9.10. The van der Waals surface area contributed by atoms with E-state index in [4.69, 9.17) is 17.0 Å². The Labute approximate surface area is 234 Å². The number of carbonyl (C=O) groups excluding carboxylic acids is 2. The summed E-state index contributed by atoms with van der Waals surface area (Å²) in [6.07, 6.45) is 1.70. The van der Waals surface area contributed by atoms with Crippen molar-refractivity contribution in [2.75, 3.05) is 11.9 Å². The fourth-order valence-corrected chi connectivity index (χ4v) is 5.11. The zero-order chi connectivity index (χ0) is 26.5. The van der Waals surface area contributed by atoms with E-state index in [1.54, 1.807) is 42.5 Å². The van der Waals surface area contributed by atoms with Crippen LogP contribution >= 0.6 is 28.1 Å². The molecule has 6 nitrogen and oxygen atoms in total. The van der Waals surface area contributed by atoms with Gasteiger partial charge in [-0.2, -0.15) is 0 Å². The first kappa shape index (κ1) is 26.0. The van der Waals surface area contributed by atoms with Crippen molar-refractivity contribution in [2.24, 2.45) is 0 Å². The molecule has 1 saturated heterocycles. The van der Waals surface area contributed by atoms with Crippen molar-refractivity contribution in [3.63, 3.8) is 0 Å². The SMILES string of the molecule is O=C(NC(=S)Nc1cc(Br)ccc1C(=O)NCC1CCC(c2ccc3ccccc3c2)O1)c1ccccc1. The normalized spacial score (nSPS) is 16.7. The molecule has 0 spiro atoms. The lowest BCUT2D eigenvalue weighted by Gasteiger charge is -2.17. The number of thiocarbonyl (C=S) groups is 1. The Bertz CT molecular complexity index is 1490. The fourth-order valence-electron chi connectivity index (χ4n) is 4.55. The number of nitrogens with one attached hydrogen (secondary N) is 3. The van der Waals surface area contributed by atoms with Crippen LogP contribution in [-0.2, 0) is 4.74 Å². The van der Waals surface area contributed by atoms with E-state index in [0.717, 1.165) is 22.9 Å². The van der Waals surface area contributed by atoms with Crippen molar-refractivity contribution in [3.8, 4) is 0 Å². The number of halogens is 1. The summed E-state index contributed by atoms with van der Waals surface area (Å²) < 4.78 is 7.05. The molecule has 5 rings (SSSR count). The van der Waals surface area contributed by atoms with Crippen LogP contribution in [0.2, 0.25) is 0 Å². The molecule has 0 radical (unpaired) electrons. The Balaban J connectivity index is 1.18. The Morgan fingerprint density at radius 3 is 2.45 bits per heavy atom. The summed E-state index contributed by atoms with van der Waals surface area (Å²) in [6, 6.07) is 28.7. The summed E-state index contributed by atoms with van der Waals surface area (Å²) in [5.41, 5.74) is 2.54. The highest BCUT2D eigenvalue weighted by molar-refractivity contribution is 9.10. The van der Waals surface area contributed by atoms with Gasteiger partial charge in [-0.05, 0) is 77.8 Å². The van der Waals surface area contributed by atoms with Crippen molar-refractivity contribution >= 4 is 61.5 Å². The monoisotopic (exact) mass is 587 g/mol. The first-order valence-electron chi connectivity index (χ1n) is 12.4. The number of hydrogen-bond acceptors (Lipinski definition) is 4. The quantitative estimate of drug-likeness (QED) is 0.228. The summed E-state index contributed by atoms with van der Waals surface area (Å²) in [4.78, 5) is 25.5. The highest BCUT2D eigenvalue weighted by Gasteiger charge is 2.27. The number of benzene rings is 4. The number of fused-ring (bicyclic) bond motifs is 1. The van der Waals surface area contributed by atoms with Crippen LogP contribution in [0.1, 0.15) is 45.2 Å². The van der Waals surface area contributed by atoms with Gasteiger partial charge < -0.3 is 15.4 Å². The predicted octanol–water partition coefficient (Wildman–Crippen LogP) is 6.38. The van der Waals surface area contributed by atoms with E-state index in [-0.39, 0.29) is 29.1 Å². The molecule has 38 heavy (non-hydrogen) atoms. The third-order valence-electron chi connectivity index (χ3n) is 6.48. The van der Waals surface area contributed by atoms with Gasteiger partial charge in [0.2, 0.25) is 0 Å². The number of hydrogen-bond donors (Lipinski definition) is 3. The Hall–Kier alpha value is -3.59. The maximum absolute atomic E-state index is 13.1. The van der Waals surface area contributed by atoms with Crippen molar-refractivity contribution < 1.29 is 14.3 Å². The van der Waals surface area contributed by atoms with Gasteiger partial charge in [-0.15, -0.1) is 0 Å². The molecule has 1 aliphatic rings. The molecule has 4 aromatic rings. The number of amides is 2. The lowest BCUT2D eigenvalue weighted by molar-refractivity contribution is 0.0436. The zero-order valence-corrected chi connectivity index (χ0v) is 22.8. The zero-order valence-electron chi connectivity index (χ0n) is 20.4. The van der Waals surface area contributed by atoms with Crippen molar-refractivity contribution in [3.05, 3.63) is 112 Å². The van der Waals surface area contributed by atoms with Crippen LogP contribution in [0.4, 0.5) is 5.69 Å². The van der Waals surface area contributed by atoms with Crippen LogP contribution in [0.3, 0.4) is 0 Å². The second-order valence-corrected chi connectivity index (χ2v) is 10.4. The fraction of sp³-hybridized carbons (Fsp3) is 0.167. The molecule has 3 N–H and O–H groups in total. The minimum atomic E-state index is -0.330. The maximum Gasteiger partial charge on any atom is 0.257 e. The average molecular weight is 589 g/mol. The number of rotatable bonds is 6.